The molecule has 0 N–H and O–H groups in total. The summed E-state index contributed by atoms with van der Waals surface area (Å²) in [5, 5.41) is 1.03. The van der Waals surface area contributed by atoms with Gasteiger partial charge in [-0.1, -0.05) is 21.9 Å². The van der Waals surface area contributed by atoms with Gasteiger partial charge in [0.25, 0.3) is 0 Å². The highest BCUT2D eigenvalue weighted by atomic mass is 79.9. The van der Waals surface area contributed by atoms with Gasteiger partial charge in [0.1, 0.15) is 5.60 Å². The molecule has 2 heterocycles. The number of ether oxygens (including phenoxy) is 1. The third kappa shape index (κ3) is 0.627. The van der Waals surface area contributed by atoms with E-state index in [1.54, 1.807) is 0 Å². The van der Waals surface area contributed by atoms with E-state index < -0.39 is 0 Å². The predicted molar refractivity (Wildman–Crippen MR) is 43.0 cm³/mol. The van der Waals surface area contributed by atoms with Crippen molar-refractivity contribution in [2.45, 2.75) is 18.4 Å². The number of fused-ring (bicyclic) bond motifs is 1. The van der Waals surface area contributed by atoms with Crippen LogP contribution < -0.4 is 0 Å². The van der Waals surface area contributed by atoms with Gasteiger partial charge in [-0.05, 0) is 12.8 Å². The molecular formula is C8H9BrO. The molecular weight excluding hydrogens is 192 g/mol. The van der Waals surface area contributed by atoms with Crippen molar-refractivity contribution in [3.8, 4) is 12.3 Å². The minimum Gasteiger partial charge on any atom is -0.362 e. The number of hydrogen-bond acceptors (Lipinski definition) is 1. The van der Waals surface area contributed by atoms with Crippen LogP contribution in [0.1, 0.15) is 12.8 Å². The van der Waals surface area contributed by atoms with Crippen LogP contribution >= 0.6 is 15.9 Å². The molecule has 1 aliphatic carbocycles. The van der Waals surface area contributed by atoms with E-state index in [1.807, 2.05) is 0 Å². The number of terminal acetylenes is 1. The molecule has 0 radical (unpaired) electrons. The van der Waals surface area contributed by atoms with E-state index in [4.69, 9.17) is 11.2 Å². The first-order valence-electron chi connectivity index (χ1n) is 3.42. The lowest BCUT2D eigenvalue weighted by Gasteiger charge is -2.40. The molecule has 2 bridgehead atoms. The van der Waals surface area contributed by atoms with Crippen LogP contribution in [0.4, 0.5) is 0 Å². The van der Waals surface area contributed by atoms with E-state index in [9.17, 15) is 0 Å². The molecule has 0 aromatic rings. The van der Waals surface area contributed by atoms with Crippen molar-refractivity contribution in [2.24, 2.45) is 5.41 Å². The smallest absolute Gasteiger partial charge is 0.129 e. The fourth-order valence-corrected chi connectivity index (χ4v) is 2.49. The molecule has 3 aliphatic rings. The van der Waals surface area contributed by atoms with Gasteiger partial charge in [-0.25, -0.2) is 0 Å². The van der Waals surface area contributed by atoms with Crippen LogP contribution in [0, 0.1) is 17.8 Å². The van der Waals surface area contributed by atoms with Crippen LogP contribution in [0.2, 0.25) is 0 Å². The standard InChI is InChI=1S/C8H9BrO/c1-2-8-3-7(4-8,5-9)6-10-8/h1H,3-6H2. The van der Waals surface area contributed by atoms with E-state index in [-0.39, 0.29) is 5.60 Å². The zero-order valence-corrected chi connectivity index (χ0v) is 7.28. The summed E-state index contributed by atoms with van der Waals surface area (Å²) in [5.74, 6) is 2.72. The monoisotopic (exact) mass is 200 g/mol. The molecule has 10 heavy (non-hydrogen) atoms. The molecule has 0 aromatic heterocycles. The van der Waals surface area contributed by atoms with Crippen LogP contribution in [-0.4, -0.2) is 17.5 Å². The van der Waals surface area contributed by atoms with Gasteiger partial charge in [-0.15, -0.1) is 6.42 Å². The summed E-state index contributed by atoms with van der Waals surface area (Å²) in [5.41, 5.74) is 0.236. The molecule has 0 atom stereocenters. The lowest BCUT2D eigenvalue weighted by atomic mass is 9.64. The normalized spacial score (nSPS) is 50.0. The van der Waals surface area contributed by atoms with Crippen LogP contribution in [0.3, 0.4) is 0 Å². The van der Waals surface area contributed by atoms with Gasteiger partial charge in [0.05, 0.1) is 6.61 Å². The van der Waals surface area contributed by atoms with Crippen LogP contribution in [-0.2, 0) is 4.74 Å². The quantitative estimate of drug-likeness (QED) is 0.462. The molecule has 3 fully saturated rings. The summed E-state index contributed by atoms with van der Waals surface area (Å²) < 4.78 is 5.49. The lowest BCUT2D eigenvalue weighted by molar-refractivity contribution is 0.0470. The Morgan fingerprint density at radius 2 is 2.30 bits per heavy atom. The van der Waals surface area contributed by atoms with Crippen molar-refractivity contribution in [3.63, 3.8) is 0 Å². The zero-order chi connectivity index (χ0) is 7.24. The summed E-state index contributed by atoms with van der Waals surface area (Å²) >= 11 is 3.47. The second-order valence-electron chi connectivity index (χ2n) is 3.41. The molecule has 1 saturated carbocycles. The Hall–Kier alpha value is -0.0000000000000000208. The molecule has 0 aromatic carbocycles. The van der Waals surface area contributed by atoms with Crippen molar-refractivity contribution in [1.29, 1.82) is 0 Å². The van der Waals surface area contributed by atoms with E-state index in [2.05, 4.69) is 21.9 Å². The van der Waals surface area contributed by atoms with E-state index in [0.29, 0.717) is 5.41 Å². The second kappa shape index (κ2) is 1.78. The summed E-state index contributed by atoms with van der Waals surface area (Å²) in [7, 11) is 0. The fraction of sp³-hybridized carbons (Fsp3) is 0.750. The van der Waals surface area contributed by atoms with E-state index in [0.717, 1.165) is 24.8 Å². The Balaban J connectivity index is 2.15. The molecule has 1 nitrogen and oxygen atoms in total. The third-order valence-corrected chi connectivity index (χ3v) is 3.71. The Kier molecular flexibility index (Phi) is 1.19. The highest BCUT2D eigenvalue weighted by Crippen LogP contribution is 2.58. The average molecular weight is 201 g/mol. The Morgan fingerprint density at radius 1 is 1.60 bits per heavy atom. The minimum absolute atomic E-state index is 0.159. The first-order chi connectivity index (χ1) is 4.74. The lowest BCUT2D eigenvalue weighted by Crippen LogP contribution is -2.43. The first-order valence-corrected chi connectivity index (χ1v) is 4.54. The van der Waals surface area contributed by atoms with Crippen molar-refractivity contribution in [1.82, 2.24) is 0 Å². The van der Waals surface area contributed by atoms with Crippen molar-refractivity contribution in [3.05, 3.63) is 0 Å². The van der Waals surface area contributed by atoms with Crippen molar-refractivity contribution >= 4 is 15.9 Å². The molecule has 0 spiro atoms. The highest BCUT2D eigenvalue weighted by molar-refractivity contribution is 9.09. The van der Waals surface area contributed by atoms with Gasteiger partial charge in [0.2, 0.25) is 0 Å². The van der Waals surface area contributed by atoms with Gasteiger partial charge in [0.15, 0.2) is 0 Å². The highest BCUT2D eigenvalue weighted by Gasteiger charge is 2.61. The number of hydrogen-bond donors (Lipinski definition) is 0. The minimum atomic E-state index is -0.159. The van der Waals surface area contributed by atoms with Crippen LogP contribution in [0.25, 0.3) is 0 Å². The summed E-state index contributed by atoms with van der Waals surface area (Å²) in [4.78, 5) is 0. The predicted octanol–water partition coefficient (Wildman–Crippen LogP) is 1.56. The van der Waals surface area contributed by atoms with Crippen LogP contribution in [0.5, 0.6) is 0 Å². The molecule has 2 saturated heterocycles. The van der Waals surface area contributed by atoms with Gasteiger partial charge in [0, 0.05) is 10.7 Å². The second-order valence-corrected chi connectivity index (χ2v) is 3.98. The molecule has 2 heteroatoms. The van der Waals surface area contributed by atoms with E-state index >= 15 is 0 Å². The van der Waals surface area contributed by atoms with Crippen molar-refractivity contribution < 1.29 is 4.74 Å². The molecule has 0 unspecified atom stereocenters. The zero-order valence-electron chi connectivity index (χ0n) is 5.69. The van der Waals surface area contributed by atoms with Gasteiger partial charge in [-0.2, -0.15) is 0 Å². The molecule has 54 valence electrons. The summed E-state index contributed by atoms with van der Waals surface area (Å²) in [6.07, 6.45) is 7.44. The largest absolute Gasteiger partial charge is 0.362 e. The van der Waals surface area contributed by atoms with Crippen molar-refractivity contribution in [2.75, 3.05) is 11.9 Å². The maximum atomic E-state index is 5.49. The number of rotatable bonds is 1. The molecule has 0 amide bonds. The Morgan fingerprint density at radius 3 is 2.60 bits per heavy atom. The molecule has 3 rings (SSSR count). The van der Waals surface area contributed by atoms with Gasteiger partial charge >= 0.3 is 0 Å². The topological polar surface area (TPSA) is 9.23 Å². The summed E-state index contributed by atoms with van der Waals surface area (Å²) in [6.45, 7) is 0.850. The Labute approximate surface area is 69.3 Å². The molecule has 2 aliphatic heterocycles. The first kappa shape index (κ1) is 6.69. The fourth-order valence-electron chi connectivity index (χ4n) is 1.93. The Bertz CT molecular complexity index is 198. The summed E-state index contributed by atoms with van der Waals surface area (Å²) in [6, 6.07) is 0. The average Bonchev–Trinajstić information content (AvgIpc) is 2.40. The SMILES string of the molecule is C#CC12CC(CBr)(CO1)C2. The van der Waals surface area contributed by atoms with Gasteiger partial charge in [-0.3, -0.25) is 0 Å². The number of halogens is 1. The van der Waals surface area contributed by atoms with Gasteiger partial charge < -0.3 is 4.74 Å². The number of alkyl halides is 1. The van der Waals surface area contributed by atoms with E-state index in [1.165, 1.54) is 0 Å². The maximum absolute atomic E-state index is 5.49. The maximum Gasteiger partial charge on any atom is 0.129 e. The van der Waals surface area contributed by atoms with Crippen LogP contribution in [0.15, 0.2) is 0 Å². The third-order valence-electron chi connectivity index (χ3n) is 2.52.